The number of nitrogens with zero attached hydrogens (tertiary/aromatic N) is 3. The van der Waals surface area contributed by atoms with E-state index in [1.165, 1.54) is 42.6 Å². The van der Waals surface area contributed by atoms with Gasteiger partial charge in [-0.25, -0.2) is 23.4 Å². The lowest BCUT2D eigenvalue weighted by atomic mass is 10.1. The number of benzene rings is 1. The number of rotatable bonds is 7. The number of hydrogen-bond acceptors (Lipinski definition) is 8. The number of pyridine rings is 1. The van der Waals surface area contributed by atoms with Crippen LogP contribution in [0.4, 0.5) is 11.5 Å². The van der Waals surface area contributed by atoms with Crippen molar-refractivity contribution in [2.75, 3.05) is 23.3 Å². The van der Waals surface area contributed by atoms with Crippen LogP contribution in [0.1, 0.15) is 34.7 Å². The number of amides is 1. The molecule has 0 bridgehead atoms. The first-order valence-electron chi connectivity index (χ1n) is 10.9. The zero-order valence-electron chi connectivity index (χ0n) is 19.1. The zero-order chi connectivity index (χ0) is 25.0. The number of ether oxygens (including phenoxy) is 2. The Morgan fingerprint density at radius 2 is 1.83 bits per heavy atom. The Bertz CT molecular complexity index is 1310. The lowest BCUT2D eigenvalue weighted by molar-refractivity contribution is 0.0238. The van der Waals surface area contributed by atoms with Crippen LogP contribution in [0.25, 0.3) is 0 Å². The molecule has 0 unspecified atom stereocenters. The quantitative estimate of drug-likeness (QED) is 0.484. The highest BCUT2D eigenvalue weighted by molar-refractivity contribution is 7.92. The van der Waals surface area contributed by atoms with E-state index in [0.717, 1.165) is 12.8 Å². The number of aryl methyl sites for hydroxylation is 2. The molecule has 1 aromatic carbocycles. The van der Waals surface area contributed by atoms with Crippen LogP contribution >= 0.6 is 11.6 Å². The molecule has 0 aliphatic carbocycles. The van der Waals surface area contributed by atoms with Crippen LogP contribution in [0.2, 0.25) is 5.02 Å². The fraction of sp³-hybridized carbons (Fsp3) is 0.304. The number of carbonyl (C=O) groups is 1. The van der Waals surface area contributed by atoms with E-state index in [0.29, 0.717) is 30.4 Å². The fourth-order valence-corrected chi connectivity index (χ4v) is 4.68. The van der Waals surface area contributed by atoms with Crippen molar-refractivity contribution in [2.24, 2.45) is 0 Å². The Kier molecular flexibility index (Phi) is 7.48. The molecule has 1 aliphatic rings. The van der Waals surface area contributed by atoms with Crippen molar-refractivity contribution in [1.82, 2.24) is 15.0 Å². The maximum atomic E-state index is 12.7. The van der Waals surface area contributed by atoms with Gasteiger partial charge in [-0.3, -0.25) is 9.52 Å². The van der Waals surface area contributed by atoms with Gasteiger partial charge >= 0.3 is 0 Å². The predicted octanol–water partition coefficient (Wildman–Crippen LogP) is 3.75. The van der Waals surface area contributed by atoms with Crippen LogP contribution in [0.5, 0.6) is 5.88 Å². The summed E-state index contributed by atoms with van der Waals surface area (Å²) in [6, 6.07) is 8.76. The third-order valence-electron chi connectivity index (χ3n) is 5.14. The number of anilines is 2. The summed E-state index contributed by atoms with van der Waals surface area (Å²) in [5.41, 5.74) is 1.29. The molecular formula is C23H24ClN5O5S. The highest BCUT2D eigenvalue weighted by Gasteiger charge is 2.19. The molecule has 0 spiro atoms. The van der Waals surface area contributed by atoms with Crippen molar-refractivity contribution in [1.29, 1.82) is 0 Å². The Labute approximate surface area is 208 Å². The van der Waals surface area contributed by atoms with E-state index in [1.807, 2.05) is 0 Å². The van der Waals surface area contributed by atoms with Crippen molar-refractivity contribution >= 4 is 39.0 Å². The number of hydrogen-bond donors (Lipinski definition) is 2. The Balaban J connectivity index is 1.40. The maximum Gasteiger partial charge on any atom is 0.263 e. The van der Waals surface area contributed by atoms with Crippen LogP contribution in [0.3, 0.4) is 0 Å². The zero-order valence-corrected chi connectivity index (χ0v) is 20.7. The second kappa shape index (κ2) is 10.5. The largest absolute Gasteiger partial charge is 0.473 e. The van der Waals surface area contributed by atoms with E-state index in [4.69, 9.17) is 21.1 Å². The summed E-state index contributed by atoms with van der Waals surface area (Å²) in [7, 11) is -3.87. The molecule has 2 aromatic heterocycles. The van der Waals surface area contributed by atoms with Gasteiger partial charge in [-0.15, -0.1) is 0 Å². The highest BCUT2D eigenvalue weighted by Crippen LogP contribution is 2.26. The van der Waals surface area contributed by atoms with Gasteiger partial charge < -0.3 is 14.8 Å². The highest BCUT2D eigenvalue weighted by atomic mass is 35.5. The number of sulfonamides is 1. The topological polar surface area (TPSA) is 132 Å². The van der Waals surface area contributed by atoms with Crippen LogP contribution in [-0.4, -0.2) is 48.6 Å². The summed E-state index contributed by atoms with van der Waals surface area (Å²) in [5.74, 6) is 0.462. The van der Waals surface area contributed by atoms with E-state index in [2.05, 4.69) is 25.0 Å². The number of nitrogens with one attached hydrogen (secondary N) is 2. The minimum absolute atomic E-state index is 0.0174. The predicted molar refractivity (Wildman–Crippen MR) is 130 cm³/mol. The van der Waals surface area contributed by atoms with Gasteiger partial charge in [-0.1, -0.05) is 11.6 Å². The molecule has 4 rings (SSSR count). The van der Waals surface area contributed by atoms with E-state index in [1.54, 1.807) is 13.8 Å². The van der Waals surface area contributed by atoms with E-state index in [-0.39, 0.29) is 33.3 Å². The molecule has 184 valence electrons. The summed E-state index contributed by atoms with van der Waals surface area (Å²) in [5, 5.41) is 2.93. The van der Waals surface area contributed by atoms with Gasteiger partial charge in [0.25, 0.3) is 15.9 Å². The van der Waals surface area contributed by atoms with Crippen molar-refractivity contribution in [3.05, 3.63) is 64.7 Å². The molecule has 2 N–H and O–H groups in total. The lowest BCUT2D eigenvalue weighted by Gasteiger charge is -2.23. The van der Waals surface area contributed by atoms with Gasteiger partial charge in [-0.05, 0) is 44.2 Å². The van der Waals surface area contributed by atoms with Crippen LogP contribution < -0.4 is 14.8 Å². The average molecular weight is 518 g/mol. The number of carbonyl (C=O) groups excluding carboxylic acids is 1. The molecule has 0 saturated carbocycles. The van der Waals surface area contributed by atoms with Gasteiger partial charge in [-0.2, -0.15) is 0 Å². The van der Waals surface area contributed by atoms with Crippen LogP contribution in [0.15, 0.2) is 47.5 Å². The van der Waals surface area contributed by atoms with Crippen molar-refractivity contribution in [3.8, 4) is 5.88 Å². The average Bonchev–Trinajstić information content (AvgIpc) is 2.80. The minimum atomic E-state index is -3.87. The Hall–Kier alpha value is -3.28. The molecule has 1 saturated heterocycles. The van der Waals surface area contributed by atoms with E-state index < -0.39 is 15.9 Å². The molecule has 10 nitrogen and oxygen atoms in total. The molecule has 0 atom stereocenters. The summed E-state index contributed by atoms with van der Waals surface area (Å²) in [4.78, 5) is 25.1. The second-order valence-corrected chi connectivity index (χ2v) is 10.1. The molecule has 12 heteroatoms. The first-order chi connectivity index (χ1) is 16.7. The van der Waals surface area contributed by atoms with Gasteiger partial charge in [0.2, 0.25) is 5.88 Å². The van der Waals surface area contributed by atoms with Gasteiger partial charge in [0.15, 0.2) is 0 Å². The Morgan fingerprint density at radius 1 is 1.11 bits per heavy atom. The molecule has 0 radical (unpaired) electrons. The van der Waals surface area contributed by atoms with Crippen molar-refractivity contribution in [3.63, 3.8) is 0 Å². The fourth-order valence-electron chi connectivity index (χ4n) is 3.47. The SMILES string of the molecule is Cc1cc(NS(=O)(=O)c2ccc(NC(=O)c3cnc(OC4CCOCC4)c(Cl)c3)cc2)nc(C)n1. The number of halogens is 1. The van der Waals surface area contributed by atoms with Gasteiger partial charge in [0.05, 0.1) is 23.7 Å². The first kappa shape index (κ1) is 24.8. The van der Waals surface area contributed by atoms with Crippen molar-refractivity contribution < 1.29 is 22.7 Å². The standard InChI is InChI=1S/C23H24ClN5O5S/c1-14-11-21(27-15(2)26-14)29-35(31,32)19-5-3-17(4-6-19)28-22(30)16-12-20(24)23(25-13-16)34-18-7-9-33-10-8-18/h3-6,11-13,18H,7-10H2,1-2H3,(H,28,30)(H,26,27,29). The molecular weight excluding hydrogens is 494 g/mol. The third-order valence-corrected chi connectivity index (χ3v) is 6.79. The normalized spacial score (nSPS) is 14.4. The van der Waals surface area contributed by atoms with Crippen LogP contribution in [-0.2, 0) is 14.8 Å². The summed E-state index contributed by atoms with van der Waals surface area (Å²) in [6.07, 6.45) is 2.85. The molecule has 1 fully saturated rings. The Morgan fingerprint density at radius 3 is 2.49 bits per heavy atom. The van der Waals surface area contributed by atoms with Gasteiger partial charge in [0, 0.05) is 36.5 Å². The van der Waals surface area contributed by atoms with Gasteiger partial charge in [0.1, 0.15) is 22.8 Å². The molecule has 1 amide bonds. The summed E-state index contributed by atoms with van der Waals surface area (Å²) >= 11 is 6.27. The third kappa shape index (κ3) is 6.44. The first-order valence-corrected chi connectivity index (χ1v) is 12.7. The molecule has 35 heavy (non-hydrogen) atoms. The van der Waals surface area contributed by atoms with E-state index >= 15 is 0 Å². The second-order valence-electron chi connectivity index (χ2n) is 7.97. The molecule has 3 aromatic rings. The summed E-state index contributed by atoms with van der Waals surface area (Å²) in [6.45, 7) is 4.68. The number of aromatic nitrogens is 3. The maximum absolute atomic E-state index is 12.7. The summed E-state index contributed by atoms with van der Waals surface area (Å²) < 4.78 is 38.9. The van der Waals surface area contributed by atoms with Crippen LogP contribution in [0, 0.1) is 13.8 Å². The molecule has 1 aliphatic heterocycles. The van der Waals surface area contributed by atoms with Crippen molar-refractivity contribution in [2.45, 2.75) is 37.7 Å². The van der Waals surface area contributed by atoms with E-state index in [9.17, 15) is 13.2 Å². The smallest absolute Gasteiger partial charge is 0.263 e. The monoisotopic (exact) mass is 517 g/mol. The minimum Gasteiger partial charge on any atom is -0.473 e. The molecule has 3 heterocycles. The lowest BCUT2D eigenvalue weighted by Crippen LogP contribution is -2.26.